The van der Waals surface area contributed by atoms with Gasteiger partial charge in [0.25, 0.3) is 0 Å². The highest BCUT2D eigenvalue weighted by Gasteiger charge is 2.39. The summed E-state index contributed by atoms with van der Waals surface area (Å²) in [5.74, 6) is 1.45. The van der Waals surface area contributed by atoms with Crippen molar-refractivity contribution in [2.75, 3.05) is 0 Å². The van der Waals surface area contributed by atoms with Crippen molar-refractivity contribution in [3.8, 4) is 12.3 Å². The van der Waals surface area contributed by atoms with Gasteiger partial charge in [-0.3, -0.25) is 9.59 Å². The van der Waals surface area contributed by atoms with E-state index in [1.807, 2.05) is 91.0 Å². The van der Waals surface area contributed by atoms with Crippen LogP contribution in [-0.4, -0.2) is 17.9 Å². The summed E-state index contributed by atoms with van der Waals surface area (Å²) in [4.78, 5) is 24.9. The second kappa shape index (κ2) is 9.58. The zero-order chi connectivity index (χ0) is 21.4. The highest BCUT2D eigenvalue weighted by molar-refractivity contribution is 5.88. The van der Waals surface area contributed by atoms with E-state index < -0.39 is 17.4 Å². The molecule has 0 radical (unpaired) electrons. The maximum absolute atomic E-state index is 13.2. The van der Waals surface area contributed by atoms with E-state index in [4.69, 9.17) is 12.2 Å². The predicted octanol–water partition coefficient (Wildman–Crippen LogP) is 3.40. The van der Waals surface area contributed by atoms with Gasteiger partial charge >= 0.3 is 0 Å². The largest absolute Gasteiger partial charge is 0.368 e. The van der Waals surface area contributed by atoms with Gasteiger partial charge in [0.1, 0.15) is 6.04 Å². The standard InChI is InChI=1S/C26H24N2O2/c1-2-12-23(25(27)30)28-24(29)19-26(20-13-6-3-7-14-20,21-15-8-4-9-16-21)22-17-10-5-11-18-22/h1,3-11,13-18,23H,12,19H2,(H2,27,30)(H,28,29)/t23-/m1/s1. The summed E-state index contributed by atoms with van der Waals surface area (Å²) in [5, 5.41) is 2.73. The van der Waals surface area contributed by atoms with Crippen molar-refractivity contribution in [1.29, 1.82) is 0 Å². The first-order valence-corrected chi connectivity index (χ1v) is 9.76. The van der Waals surface area contributed by atoms with Gasteiger partial charge in [-0.1, -0.05) is 91.0 Å². The summed E-state index contributed by atoms with van der Waals surface area (Å²) in [6.07, 6.45) is 5.48. The Hall–Kier alpha value is -3.84. The van der Waals surface area contributed by atoms with Crippen LogP contribution in [0.15, 0.2) is 91.0 Å². The number of terminal acetylenes is 1. The maximum atomic E-state index is 13.2. The van der Waals surface area contributed by atoms with Gasteiger partial charge < -0.3 is 11.1 Å². The minimum atomic E-state index is -0.900. The molecular weight excluding hydrogens is 372 g/mol. The van der Waals surface area contributed by atoms with E-state index in [0.29, 0.717) is 0 Å². The van der Waals surface area contributed by atoms with Crippen LogP contribution in [0.25, 0.3) is 0 Å². The van der Waals surface area contributed by atoms with Gasteiger partial charge in [0.2, 0.25) is 11.8 Å². The lowest BCUT2D eigenvalue weighted by atomic mass is 9.67. The third kappa shape index (κ3) is 4.42. The van der Waals surface area contributed by atoms with E-state index >= 15 is 0 Å². The van der Waals surface area contributed by atoms with Crippen molar-refractivity contribution in [1.82, 2.24) is 5.32 Å². The SMILES string of the molecule is C#CC[C@@H](NC(=O)CC(c1ccccc1)(c1ccccc1)c1ccccc1)C(N)=O. The number of carbonyl (C=O) groups excluding carboxylic acids is 2. The van der Waals surface area contributed by atoms with E-state index in [0.717, 1.165) is 16.7 Å². The Kier molecular flexibility index (Phi) is 6.67. The molecule has 3 rings (SSSR count). The lowest BCUT2D eigenvalue weighted by Gasteiger charge is -2.36. The van der Waals surface area contributed by atoms with Crippen molar-refractivity contribution in [3.63, 3.8) is 0 Å². The molecule has 3 N–H and O–H groups in total. The average Bonchev–Trinajstić information content (AvgIpc) is 2.79. The first-order chi connectivity index (χ1) is 14.6. The Balaban J connectivity index is 2.13. The molecule has 0 fully saturated rings. The van der Waals surface area contributed by atoms with Crippen LogP contribution in [0.4, 0.5) is 0 Å². The van der Waals surface area contributed by atoms with Crippen molar-refractivity contribution in [2.24, 2.45) is 5.73 Å². The lowest BCUT2D eigenvalue weighted by molar-refractivity contribution is -0.127. The monoisotopic (exact) mass is 396 g/mol. The predicted molar refractivity (Wildman–Crippen MR) is 118 cm³/mol. The Morgan fingerprint density at radius 2 is 1.23 bits per heavy atom. The second-order valence-electron chi connectivity index (χ2n) is 7.11. The molecule has 0 spiro atoms. The average molecular weight is 396 g/mol. The summed E-state index contributed by atoms with van der Waals surface area (Å²) in [7, 11) is 0. The van der Waals surface area contributed by atoms with Gasteiger partial charge in [0.15, 0.2) is 0 Å². The number of hydrogen-bond donors (Lipinski definition) is 2. The second-order valence-corrected chi connectivity index (χ2v) is 7.11. The molecule has 3 aromatic carbocycles. The molecule has 0 aromatic heterocycles. The molecule has 0 heterocycles. The van der Waals surface area contributed by atoms with Gasteiger partial charge in [0.05, 0.1) is 5.41 Å². The van der Waals surface area contributed by atoms with Crippen LogP contribution in [-0.2, 0) is 15.0 Å². The molecule has 3 aromatic rings. The van der Waals surface area contributed by atoms with E-state index in [2.05, 4.69) is 11.2 Å². The summed E-state index contributed by atoms with van der Waals surface area (Å²) < 4.78 is 0. The van der Waals surface area contributed by atoms with E-state index in [1.54, 1.807) is 0 Å². The lowest BCUT2D eigenvalue weighted by Crippen LogP contribution is -2.46. The van der Waals surface area contributed by atoms with Crippen molar-refractivity contribution >= 4 is 11.8 Å². The molecule has 0 aliphatic carbocycles. The summed E-state index contributed by atoms with van der Waals surface area (Å²) >= 11 is 0. The minimum absolute atomic E-state index is 0.0517. The molecular formula is C26H24N2O2. The topological polar surface area (TPSA) is 72.2 Å². The normalized spacial score (nSPS) is 11.8. The fraction of sp³-hybridized carbons (Fsp3) is 0.154. The molecule has 0 bridgehead atoms. The molecule has 0 saturated heterocycles. The molecule has 0 saturated carbocycles. The zero-order valence-corrected chi connectivity index (χ0v) is 16.6. The van der Waals surface area contributed by atoms with Gasteiger partial charge in [0, 0.05) is 12.8 Å². The van der Waals surface area contributed by atoms with Gasteiger partial charge in [-0.15, -0.1) is 12.3 Å². The first kappa shape index (κ1) is 20.9. The number of rotatable bonds is 8. The highest BCUT2D eigenvalue weighted by atomic mass is 16.2. The van der Waals surface area contributed by atoms with Crippen LogP contribution in [0.2, 0.25) is 0 Å². The first-order valence-electron chi connectivity index (χ1n) is 9.76. The Bertz CT molecular complexity index is 928. The van der Waals surface area contributed by atoms with Gasteiger partial charge in [-0.25, -0.2) is 0 Å². The van der Waals surface area contributed by atoms with Crippen LogP contribution >= 0.6 is 0 Å². The van der Waals surface area contributed by atoms with Gasteiger partial charge in [-0.2, -0.15) is 0 Å². The molecule has 0 aliphatic rings. The Morgan fingerprint density at radius 3 is 1.57 bits per heavy atom. The van der Waals surface area contributed by atoms with Gasteiger partial charge in [-0.05, 0) is 16.7 Å². The van der Waals surface area contributed by atoms with Crippen LogP contribution in [0, 0.1) is 12.3 Å². The summed E-state index contributed by atoms with van der Waals surface area (Å²) in [6.45, 7) is 0. The smallest absolute Gasteiger partial charge is 0.240 e. The summed E-state index contributed by atoms with van der Waals surface area (Å²) in [5.41, 5.74) is 7.61. The minimum Gasteiger partial charge on any atom is -0.368 e. The van der Waals surface area contributed by atoms with Crippen molar-refractivity contribution in [2.45, 2.75) is 24.3 Å². The Labute approximate surface area is 177 Å². The number of amides is 2. The number of hydrogen-bond acceptors (Lipinski definition) is 2. The van der Waals surface area contributed by atoms with E-state index in [-0.39, 0.29) is 18.7 Å². The van der Waals surface area contributed by atoms with Crippen molar-refractivity contribution < 1.29 is 9.59 Å². The molecule has 4 heteroatoms. The molecule has 30 heavy (non-hydrogen) atoms. The Morgan fingerprint density at radius 1 is 0.833 bits per heavy atom. The fourth-order valence-corrected chi connectivity index (χ4v) is 3.80. The number of nitrogens with two attached hydrogens (primary N) is 1. The van der Waals surface area contributed by atoms with Crippen molar-refractivity contribution in [3.05, 3.63) is 108 Å². The van der Waals surface area contributed by atoms with Crippen LogP contribution in [0.5, 0.6) is 0 Å². The molecule has 4 nitrogen and oxygen atoms in total. The van der Waals surface area contributed by atoms with Crippen LogP contribution in [0.1, 0.15) is 29.5 Å². The molecule has 0 aliphatic heterocycles. The van der Waals surface area contributed by atoms with Crippen LogP contribution in [0.3, 0.4) is 0 Å². The summed E-state index contributed by atoms with van der Waals surface area (Å²) in [6, 6.07) is 28.8. The fourth-order valence-electron chi connectivity index (χ4n) is 3.80. The third-order valence-electron chi connectivity index (χ3n) is 5.23. The number of benzene rings is 3. The molecule has 2 amide bonds. The molecule has 0 unspecified atom stereocenters. The van der Waals surface area contributed by atoms with E-state index in [1.165, 1.54) is 0 Å². The molecule has 1 atom stereocenters. The molecule has 150 valence electrons. The highest BCUT2D eigenvalue weighted by Crippen LogP contribution is 2.42. The zero-order valence-electron chi connectivity index (χ0n) is 16.6. The number of carbonyl (C=O) groups is 2. The maximum Gasteiger partial charge on any atom is 0.240 e. The number of primary amides is 1. The number of nitrogens with one attached hydrogen (secondary N) is 1. The quantitative estimate of drug-likeness (QED) is 0.452. The van der Waals surface area contributed by atoms with Crippen LogP contribution < -0.4 is 11.1 Å². The third-order valence-corrected chi connectivity index (χ3v) is 5.23. The van der Waals surface area contributed by atoms with E-state index in [9.17, 15) is 9.59 Å².